The molecule has 52 heavy (non-hydrogen) atoms. The first-order valence-electron chi connectivity index (χ1n) is 19.9. The quantitative estimate of drug-likeness (QED) is 0.215. The van der Waals surface area contributed by atoms with Gasteiger partial charge in [-0.2, -0.15) is 0 Å². The number of carbonyl (C=O) groups excluding carboxylic acids is 5. The highest BCUT2D eigenvalue weighted by Gasteiger charge is 2.71. The van der Waals surface area contributed by atoms with Gasteiger partial charge >= 0.3 is 6.03 Å². The molecule has 13 heteroatoms. The van der Waals surface area contributed by atoms with Crippen LogP contribution in [0.3, 0.4) is 0 Å². The first-order chi connectivity index (χ1) is 24.1. The number of Topliss-reactive ketones (excluding diaryl/α,β-unsaturated/α-hetero) is 1. The molecule has 5 aliphatic rings. The fourth-order valence-electron chi connectivity index (χ4n) is 10.2. The number of nitrogens with one attached hydrogen (secondary N) is 4. The van der Waals surface area contributed by atoms with Crippen molar-refractivity contribution in [3.05, 3.63) is 0 Å². The third-order valence-corrected chi connectivity index (χ3v) is 17.2. The molecule has 7 atom stereocenters. The van der Waals surface area contributed by atoms with Crippen LogP contribution in [0.25, 0.3) is 0 Å². The van der Waals surface area contributed by atoms with Gasteiger partial charge in [0.05, 0.1) is 15.5 Å². The molecule has 5 rings (SSSR count). The van der Waals surface area contributed by atoms with E-state index in [-0.39, 0.29) is 29.1 Å². The van der Waals surface area contributed by atoms with Crippen molar-refractivity contribution >= 4 is 39.4 Å². The molecule has 12 nitrogen and oxygen atoms in total. The summed E-state index contributed by atoms with van der Waals surface area (Å²) in [5.41, 5.74) is -3.05. The predicted molar refractivity (Wildman–Crippen MR) is 200 cm³/mol. The van der Waals surface area contributed by atoms with Crippen molar-refractivity contribution in [3.63, 3.8) is 0 Å². The monoisotopic (exact) mass is 747 g/mol. The lowest BCUT2D eigenvalue weighted by atomic mass is 9.70. The Morgan fingerprint density at radius 3 is 1.96 bits per heavy atom. The van der Waals surface area contributed by atoms with Gasteiger partial charge in [-0.15, -0.1) is 0 Å². The summed E-state index contributed by atoms with van der Waals surface area (Å²) in [6.07, 6.45) is 8.84. The summed E-state index contributed by atoms with van der Waals surface area (Å²) in [4.78, 5) is 71.3. The van der Waals surface area contributed by atoms with Crippen LogP contribution in [-0.4, -0.2) is 89.1 Å². The summed E-state index contributed by atoms with van der Waals surface area (Å²) in [7, 11) is -3.64. The van der Waals surface area contributed by atoms with Crippen LogP contribution in [0.1, 0.15) is 139 Å². The zero-order valence-electron chi connectivity index (χ0n) is 33.1. The first kappa shape index (κ1) is 40.5. The fraction of sp³-hybridized carbons (Fsp3) is 0.872. The van der Waals surface area contributed by atoms with E-state index in [1.165, 1.54) is 0 Å². The molecule has 1 saturated heterocycles. The molecule has 0 radical (unpaired) electrons. The van der Waals surface area contributed by atoms with Crippen molar-refractivity contribution in [2.24, 2.45) is 28.6 Å². The number of sulfone groups is 1. The molecule has 0 spiro atoms. The van der Waals surface area contributed by atoms with E-state index in [1.54, 1.807) is 39.5 Å². The Labute approximate surface area is 311 Å². The minimum Gasteiger partial charge on any atom is -0.350 e. The Hall–Kier alpha value is -2.70. The van der Waals surface area contributed by atoms with Gasteiger partial charge in [0.2, 0.25) is 17.6 Å². The molecule has 5 fully saturated rings. The molecule has 0 unspecified atom stereocenters. The zero-order valence-corrected chi connectivity index (χ0v) is 33.9. The molecule has 0 aromatic heterocycles. The van der Waals surface area contributed by atoms with Crippen LogP contribution >= 0.6 is 0 Å². The predicted octanol–water partition coefficient (Wildman–Crippen LogP) is 4.40. The molecule has 1 aliphatic heterocycles. The van der Waals surface area contributed by atoms with E-state index in [4.69, 9.17) is 0 Å². The molecular weight excluding hydrogens is 683 g/mol. The summed E-state index contributed by atoms with van der Waals surface area (Å²) < 4.78 is 26.5. The number of likely N-dealkylation sites (N-methyl/N-ethyl adjacent to an activating group) is 1. The standard InChI is InChI=1S/C39H65N5O7S/c1-10-25-22-39(25,30(45)32(47)40-11-2)42-31(46)28-27-26(36(27,7)8)23-44(28)33(48)29(37(9)18-14-12-15-19-37)41-34(49)43-38(20-16-13-17-21-38)24(3)52(50,51)35(4,5)6/h24-29H,10-23H2,1-9H3,(H,40,47)(H,42,46)(H2,41,43,49)/t24-,25-,26+,27+,28+,29-,39+/m1/s1. The Morgan fingerprint density at radius 1 is 0.865 bits per heavy atom. The maximum atomic E-state index is 15.0. The summed E-state index contributed by atoms with van der Waals surface area (Å²) in [6.45, 7) is 17.3. The van der Waals surface area contributed by atoms with E-state index < -0.39 is 72.0 Å². The number of ketones is 1. The number of rotatable bonds is 12. The number of hydrogen-bond donors (Lipinski definition) is 4. The van der Waals surface area contributed by atoms with E-state index in [9.17, 15) is 32.4 Å². The number of piperidine rings is 1. The lowest BCUT2D eigenvalue weighted by Gasteiger charge is -2.46. The smallest absolute Gasteiger partial charge is 0.315 e. The third-order valence-electron chi connectivity index (χ3n) is 14.1. The second-order valence-corrected chi connectivity index (χ2v) is 21.6. The number of amides is 5. The van der Waals surface area contributed by atoms with Crippen molar-refractivity contribution in [3.8, 4) is 0 Å². The maximum Gasteiger partial charge on any atom is 0.315 e. The van der Waals surface area contributed by atoms with Crippen molar-refractivity contribution in [2.45, 2.75) is 173 Å². The van der Waals surface area contributed by atoms with Crippen LogP contribution in [0.5, 0.6) is 0 Å². The fourth-order valence-corrected chi connectivity index (χ4v) is 12.2. The van der Waals surface area contributed by atoms with Crippen LogP contribution in [0.2, 0.25) is 0 Å². The highest BCUT2D eigenvalue weighted by molar-refractivity contribution is 7.93. The van der Waals surface area contributed by atoms with Gasteiger partial charge in [-0.3, -0.25) is 19.2 Å². The topological polar surface area (TPSA) is 171 Å². The van der Waals surface area contributed by atoms with Gasteiger partial charge in [-0.1, -0.05) is 72.6 Å². The van der Waals surface area contributed by atoms with E-state index in [1.807, 2.05) is 13.8 Å². The normalized spacial score (nSPS) is 31.3. The molecular formula is C39H65N5O7S. The number of fused-ring (bicyclic) bond motifs is 1. The average Bonchev–Trinajstić information content (AvgIpc) is 3.84. The number of hydrogen-bond acceptors (Lipinski definition) is 7. The lowest BCUT2D eigenvalue weighted by Crippen LogP contribution is -2.66. The summed E-state index contributed by atoms with van der Waals surface area (Å²) in [5.74, 6) is -2.36. The zero-order chi connectivity index (χ0) is 38.7. The van der Waals surface area contributed by atoms with Crippen LogP contribution in [0, 0.1) is 28.6 Å². The van der Waals surface area contributed by atoms with Gasteiger partial charge in [-0.25, -0.2) is 13.2 Å². The Morgan fingerprint density at radius 2 is 1.44 bits per heavy atom. The van der Waals surface area contributed by atoms with Gasteiger partial charge in [0, 0.05) is 13.1 Å². The van der Waals surface area contributed by atoms with Crippen LogP contribution in [-0.2, 0) is 29.0 Å². The molecule has 0 aromatic rings. The maximum absolute atomic E-state index is 15.0. The van der Waals surface area contributed by atoms with Gasteiger partial charge in [0.15, 0.2) is 9.84 Å². The summed E-state index contributed by atoms with van der Waals surface area (Å²) in [6, 6.07) is -2.37. The molecule has 0 aromatic carbocycles. The Balaban J connectivity index is 1.43. The van der Waals surface area contributed by atoms with Crippen LogP contribution in [0.15, 0.2) is 0 Å². The molecule has 4 saturated carbocycles. The average molecular weight is 748 g/mol. The number of likely N-dealkylation sites (tertiary alicyclic amines) is 1. The SMILES string of the molecule is CCNC(=O)C(=O)[C@]1(NC(=O)[C@@H]2[C@@H]3[C@H](CN2C(=O)[C@@H](NC(=O)NC2([C@@H](C)S(=O)(=O)C(C)(C)C)CCCCC2)C2(C)CCCCC2)C3(C)C)C[C@H]1CC. The van der Waals surface area contributed by atoms with Gasteiger partial charge in [0.25, 0.3) is 5.91 Å². The second-order valence-electron chi connectivity index (χ2n) is 18.6. The molecule has 4 N–H and O–H groups in total. The minimum atomic E-state index is -3.64. The van der Waals surface area contributed by atoms with E-state index in [0.717, 1.165) is 51.4 Å². The van der Waals surface area contributed by atoms with Gasteiger partial charge in [0.1, 0.15) is 17.6 Å². The highest BCUT2D eigenvalue weighted by atomic mass is 32.2. The third kappa shape index (κ3) is 7.01. The van der Waals surface area contributed by atoms with Crippen LogP contribution < -0.4 is 21.3 Å². The molecule has 294 valence electrons. The number of carbonyl (C=O) groups is 5. The number of urea groups is 1. The van der Waals surface area contributed by atoms with Gasteiger partial charge < -0.3 is 26.2 Å². The summed E-state index contributed by atoms with van der Waals surface area (Å²) >= 11 is 0. The van der Waals surface area contributed by atoms with Crippen LogP contribution in [0.4, 0.5) is 4.79 Å². The second kappa shape index (κ2) is 14.2. The lowest BCUT2D eigenvalue weighted by molar-refractivity contribution is -0.146. The number of nitrogens with zero attached hydrogens (tertiary/aromatic N) is 1. The minimum absolute atomic E-state index is 0.0750. The highest BCUT2D eigenvalue weighted by Crippen LogP contribution is 2.65. The summed E-state index contributed by atoms with van der Waals surface area (Å²) in [5, 5.41) is 11.0. The molecule has 5 amide bonds. The largest absolute Gasteiger partial charge is 0.350 e. The first-order valence-corrected chi connectivity index (χ1v) is 21.5. The van der Waals surface area contributed by atoms with Crippen molar-refractivity contribution in [1.82, 2.24) is 26.2 Å². The Bertz CT molecular complexity index is 1540. The molecule has 4 aliphatic carbocycles. The molecule has 1 heterocycles. The van der Waals surface area contributed by atoms with Crippen molar-refractivity contribution in [1.29, 1.82) is 0 Å². The Kier molecular flexibility index (Phi) is 11.0. The van der Waals surface area contributed by atoms with Gasteiger partial charge in [-0.05, 0) is 95.3 Å². The van der Waals surface area contributed by atoms with E-state index >= 15 is 0 Å². The molecule has 0 bridgehead atoms. The van der Waals surface area contributed by atoms with E-state index in [2.05, 4.69) is 35.1 Å². The van der Waals surface area contributed by atoms with Crippen molar-refractivity contribution in [2.75, 3.05) is 13.1 Å². The van der Waals surface area contributed by atoms with Crippen molar-refractivity contribution < 1.29 is 32.4 Å². The van der Waals surface area contributed by atoms with E-state index in [0.29, 0.717) is 38.8 Å².